The second-order valence-corrected chi connectivity index (χ2v) is 9.07. The Hall–Kier alpha value is -2.62. The molecular weight excluding hydrogens is 453 g/mol. The predicted octanol–water partition coefficient (Wildman–Crippen LogP) is 4.47. The number of benzene rings is 2. The van der Waals surface area contributed by atoms with Crippen molar-refractivity contribution in [1.29, 1.82) is 0 Å². The van der Waals surface area contributed by atoms with Gasteiger partial charge in [-0.3, -0.25) is 4.79 Å². The Balaban J connectivity index is 1.91. The van der Waals surface area contributed by atoms with Gasteiger partial charge >= 0.3 is 6.18 Å². The SMILES string of the molecule is Cc1cc(Cc2ccc(S(N)(=O)=O)cc2Cl)n(C)c1C(=O)c1ccc(C(F)(F)F)cc1. The molecule has 0 saturated carbocycles. The fourth-order valence-electron chi connectivity index (χ4n) is 3.32. The maximum absolute atomic E-state index is 12.9. The molecule has 2 aromatic carbocycles. The van der Waals surface area contributed by atoms with Crippen LogP contribution in [0.4, 0.5) is 13.2 Å². The lowest BCUT2D eigenvalue weighted by Gasteiger charge is -2.11. The van der Waals surface area contributed by atoms with Gasteiger partial charge in [0.25, 0.3) is 0 Å². The highest BCUT2D eigenvalue weighted by molar-refractivity contribution is 7.89. The largest absolute Gasteiger partial charge is 0.416 e. The number of carbonyl (C=O) groups is 1. The summed E-state index contributed by atoms with van der Waals surface area (Å²) in [6.07, 6.45) is -4.17. The third kappa shape index (κ3) is 4.84. The number of alkyl halides is 3. The number of nitrogens with two attached hydrogens (primary N) is 1. The van der Waals surface area contributed by atoms with E-state index in [1.165, 1.54) is 12.1 Å². The first-order valence-electron chi connectivity index (χ1n) is 8.97. The quantitative estimate of drug-likeness (QED) is 0.558. The molecule has 0 bridgehead atoms. The third-order valence-corrected chi connectivity index (χ3v) is 6.20. The lowest BCUT2D eigenvalue weighted by molar-refractivity contribution is -0.137. The molecule has 0 atom stereocenters. The zero-order valence-electron chi connectivity index (χ0n) is 16.5. The first-order chi connectivity index (χ1) is 14.3. The van der Waals surface area contributed by atoms with Crippen molar-refractivity contribution in [3.05, 3.63) is 87.2 Å². The molecule has 0 spiro atoms. The van der Waals surface area contributed by atoms with Crippen molar-refractivity contribution in [2.75, 3.05) is 0 Å². The molecule has 10 heteroatoms. The number of aromatic nitrogens is 1. The van der Waals surface area contributed by atoms with Crippen LogP contribution in [-0.2, 0) is 29.7 Å². The van der Waals surface area contributed by atoms with Gasteiger partial charge in [0, 0.05) is 29.7 Å². The van der Waals surface area contributed by atoms with E-state index in [1.807, 2.05) is 0 Å². The molecule has 0 aliphatic carbocycles. The lowest BCUT2D eigenvalue weighted by Crippen LogP contribution is -2.13. The van der Waals surface area contributed by atoms with Gasteiger partial charge < -0.3 is 4.57 Å². The van der Waals surface area contributed by atoms with Gasteiger partial charge in [0.15, 0.2) is 0 Å². The van der Waals surface area contributed by atoms with Crippen molar-refractivity contribution < 1.29 is 26.4 Å². The van der Waals surface area contributed by atoms with Crippen molar-refractivity contribution in [3.8, 4) is 0 Å². The van der Waals surface area contributed by atoms with E-state index in [-0.39, 0.29) is 15.5 Å². The van der Waals surface area contributed by atoms with Gasteiger partial charge in [0.1, 0.15) is 0 Å². The van der Waals surface area contributed by atoms with Crippen LogP contribution in [0.3, 0.4) is 0 Å². The Labute approximate surface area is 182 Å². The Morgan fingerprint density at radius 3 is 2.23 bits per heavy atom. The summed E-state index contributed by atoms with van der Waals surface area (Å²) in [5.74, 6) is -0.407. The fraction of sp³-hybridized carbons (Fsp3) is 0.190. The number of nitrogens with zero attached hydrogens (tertiary/aromatic N) is 1. The maximum Gasteiger partial charge on any atom is 0.416 e. The second kappa shape index (κ2) is 8.14. The van der Waals surface area contributed by atoms with Gasteiger partial charge in [0.2, 0.25) is 15.8 Å². The van der Waals surface area contributed by atoms with E-state index in [1.54, 1.807) is 30.7 Å². The van der Waals surface area contributed by atoms with Crippen LogP contribution < -0.4 is 5.14 Å². The molecule has 1 aromatic heterocycles. The molecule has 3 rings (SSSR count). The number of halogens is 4. The number of sulfonamides is 1. The highest BCUT2D eigenvalue weighted by atomic mass is 35.5. The minimum Gasteiger partial charge on any atom is -0.344 e. The van der Waals surface area contributed by atoms with Crippen LogP contribution >= 0.6 is 11.6 Å². The van der Waals surface area contributed by atoms with E-state index in [0.717, 1.165) is 30.0 Å². The summed E-state index contributed by atoms with van der Waals surface area (Å²) in [6, 6.07) is 9.98. The maximum atomic E-state index is 12.9. The topological polar surface area (TPSA) is 82.2 Å². The summed E-state index contributed by atoms with van der Waals surface area (Å²) in [5.41, 5.74) is 1.65. The van der Waals surface area contributed by atoms with Gasteiger partial charge in [-0.2, -0.15) is 13.2 Å². The average Bonchev–Trinajstić information content (AvgIpc) is 2.94. The molecular formula is C21H18ClF3N2O3S. The number of rotatable bonds is 5. The first kappa shape index (κ1) is 23.1. The summed E-state index contributed by atoms with van der Waals surface area (Å²) in [6.45, 7) is 1.73. The monoisotopic (exact) mass is 470 g/mol. The summed E-state index contributed by atoms with van der Waals surface area (Å²) < 4.78 is 62.9. The highest BCUT2D eigenvalue weighted by Gasteiger charge is 2.30. The standard InChI is InChI=1S/C21H18ClF3N2O3S/c1-12-9-16(10-14-5-8-17(11-18(14)22)31(26,29)30)27(2)19(12)20(28)13-3-6-15(7-4-13)21(23,24)25/h3-9,11H,10H2,1-2H3,(H2,26,29,30). The van der Waals surface area contributed by atoms with Crippen LogP contribution in [0.5, 0.6) is 0 Å². The summed E-state index contributed by atoms with van der Waals surface area (Å²) in [4.78, 5) is 12.8. The van der Waals surface area contributed by atoms with Crippen molar-refractivity contribution in [3.63, 3.8) is 0 Å². The summed E-state index contributed by atoms with van der Waals surface area (Å²) >= 11 is 6.21. The molecule has 0 aliphatic heterocycles. The van der Waals surface area contributed by atoms with Gasteiger partial charge in [-0.25, -0.2) is 13.6 Å². The second-order valence-electron chi connectivity index (χ2n) is 7.11. The molecule has 1 heterocycles. The number of hydrogen-bond donors (Lipinski definition) is 1. The molecule has 3 aromatic rings. The molecule has 0 unspecified atom stereocenters. The van der Waals surface area contributed by atoms with Crippen LogP contribution in [0, 0.1) is 6.92 Å². The van der Waals surface area contributed by atoms with Gasteiger partial charge in [-0.1, -0.05) is 29.8 Å². The Morgan fingerprint density at radius 2 is 1.71 bits per heavy atom. The Morgan fingerprint density at radius 1 is 1.10 bits per heavy atom. The van der Waals surface area contributed by atoms with Crippen molar-refractivity contribution in [2.24, 2.45) is 12.2 Å². The van der Waals surface area contributed by atoms with Crippen LogP contribution in [0.1, 0.15) is 38.4 Å². The van der Waals surface area contributed by atoms with Gasteiger partial charge in [-0.05, 0) is 48.4 Å². The molecule has 0 amide bonds. The molecule has 31 heavy (non-hydrogen) atoms. The Bertz CT molecular complexity index is 1260. The minimum atomic E-state index is -4.48. The summed E-state index contributed by atoms with van der Waals surface area (Å²) in [7, 11) is -2.21. The van der Waals surface area contributed by atoms with E-state index in [2.05, 4.69) is 0 Å². The molecule has 0 aliphatic rings. The molecule has 2 N–H and O–H groups in total. The average molecular weight is 471 g/mol. The molecule has 0 fully saturated rings. The number of hydrogen-bond acceptors (Lipinski definition) is 3. The smallest absolute Gasteiger partial charge is 0.344 e. The Kier molecular flexibility index (Phi) is 6.05. The van der Waals surface area contributed by atoms with Crippen LogP contribution in [-0.4, -0.2) is 18.8 Å². The molecule has 5 nitrogen and oxygen atoms in total. The minimum absolute atomic E-state index is 0.109. The normalized spacial score (nSPS) is 12.2. The van der Waals surface area contributed by atoms with E-state index in [4.69, 9.17) is 16.7 Å². The van der Waals surface area contributed by atoms with Crippen LogP contribution in [0.15, 0.2) is 53.4 Å². The van der Waals surface area contributed by atoms with E-state index < -0.39 is 27.5 Å². The zero-order chi connectivity index (χ0) is 23.1. The van der Waals surface area contributed by atoms with E-state index in [0.29, 0.717) is 23.2 Å². The predicted molar refractivity (Wildman–Crippen MR) is 111 cm³/mol. The number of ketones is 1. The van der Waals surface area contributed by atoms with E-state index >= 15 is 0 Å². The number of carbonyl (C=O) groups excluding carboxylic acids is 1. The number of aryl methyl sites for hydroxylation is 1. The van der Waals surface area contributed by atoms with Crippen LogP contribution in [0.25, 0.3) is 0 Å². The third-order valence-electron chi connectivity index (χ3n) is 4.94. The molecule has 0 radical (unpaired) electrons. The summed E-state index contributed by atoms with van der Waals surface area (Å²) in [5, 5.41) is 5.32. The first-order valence-corrected chi connectivity index (χ1v) is 10.9. The van der Waals surface area contributed by atoms with E-state index in [9.17, 15) is 26.4 Å². The van der Waals surface area contributed by atoms with Gasteiger partial charge in [0.05, 0.1) is 16.2 Å². The van der Waals surface area contributed by atoms with Crippen molar-refractivity contribution in [2.45, 2.75) is 24.4 Å². The van der Waals surface area contributed by atoms with Gasteiger partial charge in [-0.15, -0.1) is 0 Å². The van der Waals surface area contributed by atoms with Crippen molar-refractivity contribution >= 4 is 27.4 Å². The van der Waals surface area contributed by atoms with Crippen molar-refractivity contribution in [1.82, 2.24) is 4.57 Å². The number of primary sulfonamides is 1. The molecule has 164 valence electrons. The fourth-order valence-corrected chi connectivity index (χ4v) is 4.17. The lowest BCUT2D eigenvalue weighted by atomic mass is 10.0. The highest BCUT2D eigenvalue weighted by Crippen LogP contribution is 2.30. The molecule has 0 saturated heterocycles. The zero-order valence-corrected chi connectivity index (χ0v) is 18.1. The van der Waals surface area contributed by atoms with Crippen LogP contribution in [0.2, 0.25) is 5.02 Å².